The molecule has 2 aromatic rings. The van der Waals surface area contributed by atoms with Gasteiger partial charge in [0.05, 0.1) is 0 Å². The van der Waals surface area contributed by atoms with Gasteiger partial charge in [0.2, 0.25) is 0 Å². The second kappa shape index (κ2) is 14.5. The highest BCUT2D eigenvalue weighted by Crippen LogP contribution is 2.36. The number of hydrogen-bond donors (Lipinski definition) is 1. The molecule has 2 unspecified atom stereocenters. The topological polar surface area (TPSA) is 37.3 Å². The minimum Gasteiger partial charge on any atom is -0.344 e. The van der Waals surface area contributed by atoms with E-state index in [-0.39, 0.29) is 0 Å². The molecule has 1 heterocycles. The third-order valence-corrected chi connectivity index (χ3v) is 8.80. The zero-order chi connectivity index (χ0) is 26.7. The lowest BCUT2D eigenvalue weighted by Crippen LogP contribution is -2.08. The fourth-order valence-electron chi connectivity index (χ4n) is 6.40. The van der Waals surface area contributed by atoms with Crippen molar-refractivity contribution in [2.45, 2.75) is 110 Å². The van der Waals surface area contributed by atoms with Crippen LogP contribution in [-0.2, 0) is 6.42 Å². The van der Waals surface area contributed by atoms with Crippen LogP contribution in [0.3, 0.4) is 0 Å². The van der Waals surface area contributed by atoms with Gasteiger partial charge in [-0.3, -0.25) is 4.98 Å². The van der Waals surface area contributed by atoms with Crippen molar-refractivity contribution >= 4 is 17.1 Å². The maximum atomic E-state index is 4.70. The lowest BCUT2D eigenvalue weighted by Gasteiger charge is -2.21. The van der Waals surface area contributed by atoms with Crippen molar-refractivity contribution in [3.8, 4) is 0 Å². The third kappa shape index (κ3) is 8.68. The Balaban J connectivity index is 1.24. The molecule has 3 heteroatoms. The molecule has 38 heavy (non-hydrogen) atoms. The summed E-state index contributed by atoms with van der Waals surface area (Å²) in [6.45, 7) is 10.9. The van der Waals surface area contributed by atoms with E-state index in [4.69, 9.17) is 4.98 Å². The standard InChI is InChI=1S/C35H49N3/c1-26-10-8-14-31(17-16-26)35-21-20-34(24-28(35)3)38-29(4)36-23-22-27(2)32-18-19-33(37-25-32)15-9-13-30-11-6-5-7-12-30/h18-26,30-31H,2,5-17H2,1,3-4H3,(H,36,38)/b23-22-. The molecule has 0 amide bonds. The minimum atomic E-state index is 0.711. The van der Waals surface area contributed by atoms with Crippen LogP contribution in [0.25, 0.3) is 5.57 Å². The number of nitrogens with zero attached hydrogens (tertiary/aromatic N) is 2. The van der Waals surface area contributed by atoms with Crippen molar-refractivity contribution in [3.05, 3.63) is 77.8 Å². The molecule has 1 aromatic carbocycles. The Kier molecular flexibility index (Phi) is 10.8. The van der Waals surface area contributed by atoms with Gasteiger partial charge in [0.15, 0.2) is 0 Å². The highest BCUT2D eigenvalue weighted by molar-refractivity contribution is 5.94. The van der Waals surface area contributed by atoms with Gasteiger partial charge in [-0.1, -0.05) is 83.4 Å². The zero-order valence-electron chi connectivity index (χ0n) is 24.1. The van der Waals surface area contributed by atoms with E-state index in [0.29, 0.717) is 5.92 Å². The van der Waals surface area contributed by atoms with Gasteiger partial charge >= 0.3 is 0 Å². The molecule has 0 spiro atoms. The summed E-state index contributed by atoms with van der Waals surface area (Å²) in [6.07, 6.45) is 23.3. The number of allylic oxidation sites excluding steroid dienone is 2. The van der Waals surface area contributed by atoms with Crippen LogP contribution >= 0.6 is 0 Å². The van der Waals surface area contributed by atoms with Crippen molar-refractivity contribution in [3.63, 3.8) is 0 Å². The predicted octanol–water partition coefficient (Wildman–Crippen LogP) is 10.0. The number of aryl methyl sites for hydroxylation is 2. The molecule has 2 saturated carbocycles. The third-order valence-electron chi connectivity index (χ3n) is 8.80. The molecule has 2 aliphatic rings. The maximum absolute atomic E-state index is 4.70. The molecular weight excluding hydrogens is 462 g/mol. The van der Waals surface area contributed by atoms with E-state index in [2.05, 4.69) is 61.1 Å². The number of pyridine rings is 1. The Bertz CT molecular complexity index is 1090. The zero-order valence-corrected chi connectivity index (χ0v) is 24.1. The number of rotatable bonds is 9. The largest absolute Gasteiger partial charge is 0.344 e. The molecule has 0 radical (unpaired) electrons. The van der Waals surface area contributed by atoms with E-state index in [1.54, 1.807) is 0 Å². The average Bonchev–Trinajstić information content (AvgIpc) is 3.14. The van der Waals surface area contributed by atoms with Gasteiger partial charge in [0.1, 0.15) is 5.84 Å². The van der Waals surface area contributed by atoms with E-state index in [0.717, 1.165) is 40.9 Å². The molecule has 0 aliphatic heterocycles. The summed E-state index contributed by atoms with van der Waals surface area (Å²) >= 11 is 0. The van der Waals surface area contributed by atoms with E-state index < -0.39 is 0 Å². The number of nitrogens with one attached hydrogen (secondary N) is 1. The number of anilines is 1. The lowest BCUT2D eigenvalue weighted by atomic mass is 9.85. The average molecular weight is 512 g/mol. The summed E-state index contributed by atoms with van der Waals surface area (Å²) in [5.41, 5.74) is 7.19. The van der Waals surface area contributed by atoms with Gasteiger partial charge < -0.3 is 5.32 Å². The fourth-order valence-corrected chi connectivity index (χ4v) is 6.40. The first kappa shape index (κ1) is 28.3. The molecule has 0 saturated heterocycles. The summed E-state index contributed by atoms with van der Waals surface area (Å²) < 4.78 is 0. The summed E-state index contributed by atoms with van der Waals surface area (Å²) in [5.74, 6) is 3.41. The van der Waals surface area contributed by atoms with Crippen LogP contribution in [0.5, 0.6) is 0 Å². The first-order chi connectivity index (χ1) is 18.5. The molecule has 1 N–H and O–H groups in total. The number of aromatic nitrogens is 1. The molecule has 1 aromatic heterocycles. The number of aliphatic imine (C=N–C) groups is 1. The van der Waals surface area contributed by atoms with Gasteiger partial charge in [0.25, 0.3) is 0 Å². The van der Waals surface area contributed by atoms with Crippen LogP contribution in [0.1, 0.15) is 119 Å². The van der Waals surface area contributed by atoms with Crippen molar-refractivity contribution in [2.75, 3.05) is 5.32 Å². The lowest BCUT2D eigenvalue weighted by molar-refractivity contribution is 0.332. The molecule has 204 valence electrons. The Morgan fingerprint density at radius 1 is 1.03 bits per heavy atom. The Morgan fingerprint density at radius 3 is 2.63 bits per heavy atom. The molecule has 0 bridgehead atoms. The van der Waals surface area contributed by atoms with Crippen LogP contribution in [0.2, 0.25) is 0 Å². The number of hydrogen-bond acceptors (Lipinski definition) is 2. The van der Waals surface area contributed by atoms with Gasteiger partial charge in [0, 0.05) is 23.8 Å². The molecular formula is C35H49N3. The van der Waals surface area contributed by atoms with Crippen LogP contribution in [0.4, 0.5) is 5.69 Å². The summed E-state index contributed by atoms with van der Waals surface area (Å²) in [4.78, 5) is 9.29. The van der Waals surface area contributed by atoms with Crippen molar-refractivity contribution in [2.24, 2.45) is 16.8 Å². The second-order valence-electron chi connectivity index (χ2n) is 12.0. The Morgan fingerprint density at radius 2 is 1.87 bits per heavy atom. The normalized spacial score (nSPS) is 21.4. The molecule has 3 nitrogen and oxygen atoms in total. The van der Waals surface area contributed by atoms with E-state index >= 15 is 0 Å². The summed E-state index contributed by atoms with van der Waals surface area (Å²) in [7, 11) is 0. The minimum absolute atomic E-state index is 0.711. The van der Waals surface area contributed by atoms with Crippen LogP contribution in [0, 0.1) is 18.8 Å². The smallest absolute Gasteiger partial charge is 0.103 e. The Hall–Kier alpha value is -2.68. The molecule has 2 aliphatic carbocycles. The maximum Gasteiger partial charge on any atom is 0.103 e. The molecule has 2 atom stereocenters. The van der Waals surface area contributed by atoms with Gasteiger partial charge in [-0.25, -0.2) is 4.99 Å². The van der Waals surface area contributed by atoms with Crippen molar-refractivity contribution in [1.82, 2.24) is 4.98 Å². The Labute approximate surface area is 232 Å². The van der Waals surface area contributed by atoms with Crippen LogP contribution in [-0.4, -0.2) is 10.8 Å². The highest BCUT2D eigenvalue weighted by Gasteiger charge is 2.19. The van der Waals surface area contributed by atoms with E-state index in [9.17, 15) is 0 Å². The highest BCUT2D eigenvalue weighted by atomic mass is 15.0. The quantitative estimate of drug-likeness (QED) is 0.157. The summed E-state index contributed by atoms with van der Waals surface area (Å²) in [5, 5.41) is 3.45. The monoisotopic (exact) mass is 511 g/mol. The van der Waals surface area contributed by atoms with Gasteiger partial charge in [-0.2, -0.15) is 0 Å². The van der Waals surface area contributed by atoms with Crippen molar-refractivity contribution in [1.29, 1.82) is 0 Å². The molecule has 2 fully saturated rings. The first-order valence-electron chi connectivity index (χ1n) is 15.2. The van der Waals surface area contributed by atoms with Gasteiger partial charge in [-0.15, -0.1) is 0 Å². The van der Waals surface area contributed by atoms with E-state index in [1.165, 1.54) is 93.9 Å². The summed E-state index contributed by atoms with van der Waals surface area (Å²) in [6, 6.07) is 11.1. The van der Waals surface area contributed by atoms with E-state index in [1.807, 2.05) is 25.4 Å². The predicted molar refractivity (Wildman–Crippen MR) is 165 cm³/mol. The fraction of sp³-hybridized carbons (Fsp3) is 0.543. The first-order valence-corrected chi connectivity index (χ1v) is 15.2. The van der Waals surface area contributed by atoms with Gasteiger partial charge in [-0.05, 0) is 104 Å². The van der Waals surface area contributed by atoms with Crippen LogP contribution < -0.4 is 5.32 Å². The number of benzene rings is 1. The number of amidine groups is 1. The van der Waals surface area contributed by atoms with Crippen LogP contribution in [0.15, 0.2) is 60.4 Å². The van der Waals surface area contributed by atoms with Crippen molar-refractivity contribution < 1.29 is 0 Å². The molecule has 4 rings (SSSR count). The second-order valence-corrected chi connectivity index (χ2v) is 12.0. The SMILES string of the molecule is C=C(/C=C\N=C(C)Nc1ccc(C2CCCC(C)CC2)c(C)c1)c1ccc(CCCC2CCCCC2)nc1.